The van der Waals surface area contributed by atoms with Crippen molar-refractivity contribution in [2.24, 2.45) is 0 Å². The van der Waals surface area contributed by atoms with Crippen molar-refractivity contribution in [2.45, 2.75) is 25.1 Å². The Hall–Kier alpha value is -1.62. The van der Waals surface area contributed by atoms with Crippen LogP contribution in [0, 0.1) is 0 Å². The molecular formula is C19H22ClN3O. The SMILES string of the molecule is Clc1ccc(OC2C[C@@H]3CN(Cc4ccccc4)CCN3C2)nc1. The third-order valence-corrected chi connectivity index (χ3v) is 5.12. The number of aromatic nitrogens is 1. The van der Waals surface area contributed by atoms with E-state index in [1.807, 2.05) is 12.1 Å². The van der Waals surface area contributed by atoms with Crippen molar-refractivity contribution in [3.8, 4) is 5.88 Å². The van der Waals surface area contributed by atoms with Crippen molar-refractivity contribution in [1.82, 2.24) is 14.8 Å². The Morgan fingerprint density at radius 3 is 2.75 bits per heavy atom. The highest BCUT2D eigenvalue weighted by Crippen LogP contribution is 2.26. The molecule has 0 radical (unpaired) electrons. The van der Waals surface area contributed by atoms with Crippen LogP contribution in [0.2, 0.25) is 5.02 Å². The number of benzene rings is 1. The van der Waals surface area contributed by atoms with Crippen LogP contribution in [-0.2, 0) is 6.54 Å². The average molecular weight is 344 g/mol. The third-order valence-electron chi connectivity index (χ3n) is 4.90. The fourth-order valence-electron chi connectivity index (χ4n) is 3.73. The molecule has 1 aromatic heterocycles. The number of halogens is 1. The summed E-state index contributed by atoms with van der Waals surface area (Å²) in [5.41, 5.74) is 1.39. The molecule has 0 N–H and O–H groups in total. The van der Waals surface area contributed by atoms with Crippen LogP contribution in [0.15, 0.2) is 48.7 Å². The molecule has 0 bridgehead atoms. The molecule has 2 aromatic rings. The van der Waals surface area contributed by atoms with E-state index in [1.54, 1.807) is 6.20 Å². The first-order valence-electron chi connectivity index (χ1n) is 8.55. The van der Waals surface area contributed by atoms with Crippen LogP contribution in [0.3, 0.4) is 0 Å². The number of hydrogen-bond acceptors (Lipinski definition) is 4. The number of piperazine rings is 1. The maximum absolute atomic E-state index is 6.05. The molecule has 2 aliphatic heterocycles. The summed E-state index contributed by atoms with van der Waals surface area (Å²) in [6.07, 6.45) is 2.93. The Balaban J connectivity index is 1.33. The smallest absolute Gasteiger partial charge is 0.213 e. The van der Waals surface area contributed by atoms with Gasteiger partial charge in [0.25, 0.3) is 0 Å². The summed E-state index contributed by atoms with van der Waals surface area (Å²) in [5, 5.41) is 0.641. The van der Waals surface area contributed by atoms with Gasteiger partial charge in [-0.1, -0.05) is 41.9 Å². The second-order valence-corrected chi connectivity index (χ2v) is 7.10. The molecule has 3 heterocycles. The van der Waals surface area contributed by atoms with Gasteiger partial charge in [0.15, 0.2) is 0 Å². The molecule has 0 amide bonds. The largest absolute Gasteiger partial charge is 0.473 e. The molecule has 0 aliphatic carbocycles. The lowest BCUT2D eigenvalue weighted by atomic mass is 10.1. The number of ether oxygens (including phenoxy) is 1. The van der Waals surface area contributed by atoms with E-state index in [1.165, 1.54) is 5.56 Å². The van der Waals surface area contributed by atoms with Crippen LogP contribution in [0.25, 0.3) is 0 Å². The number of fused-ring (bicyclic) bond motifs is 1. The summed E-state index contributed by atoms with van der Waals surface area (Å²) in [7, 11) is 0. The Kier molecular flexibility index (Phi) is 4.69. The standard InChI is InChI=1S/C19H22ClN3O/c20-16-6-7-19(21-11-16)24-18-10-17-13-22(8-9-23(17)14-18)12-15-4-2-1-3-5-15/h1-7,11,17-18H,8-10,12-14H2/t17-,18?/m1/s1. The Bertz CT molecular complexity index is 664. The molecule has 0 spiro atoms. The summed E-state index contributed by atoms with van der Waals surface area (Å²) in [5.74, 6) is 0.672. The van der Waals surface area contributed by atoms with Gasteiger partial charge in [0.1, 0.15) is 6.10 Å². The highest BCUT2D eigenvalue weighted by molar-refractivity contribution is 6.30. The highest BCUT2D eigenvalue weighted by Gasteiger charge is 2.37. The van der Waals surface area contributed by atoms with Crippen molar-refractivity contribution < 1.29 is 4.74 Å². The first kappa shape index (κ1) is 15.9. The van der Waals surface area contributed by atoms with Crippen LogP contribution < -0.4 is 4.74 Å². The minimum Gasteiger partial charge on any atom is -0.473 e. The van der Waals surface area contributed by atoms with Crippen molar-refractivity contribution in [2.75, 3.05) is 26.2 Å². The van der Waals surface area contributed by atoms with E-state index in [4.69, 9.17) is 16.3 Å². The molecule has 1 aromatic carbocycles. The van der Waals surface area contributed by atoms with Gasteiger partial charge in [-0.05, 0) is 11.6 Å². The van der Waals surface area contributed by atoms with Crippen molar-refractivity contribution >= 4 is 11.6 Å². The number of nitrogens with zero attached hydrogens (tertiary/aromatic N) is 3. The van der Waals surface area contributed by atoms with Gasteiger partial charge in [-0.15, -0.1) is 0 Å². The van der Waals surface area contributed by atoms with Gasteiger partial charge >= 0.3 is 0 Å². The minimum absolute atomic E-state index is 0.223. The zero-order valence-electron chi connectivity index (χ0n) is 13.6. The van der Waals surface area contributed by atoms with Gasteiger partial charge < -0.3 is 4.74 Å². The molecule has 5 heteroatoms. The fraction of sp³-hybridized carbons (Fsp3) is 0.421. The van der Waals surface area contributed by atoms with Crippen molar-refractivity contribution in [3.63, 3.8) is 0 Å². The van der Waals surface area contributed by atoms with E-state index in [9.17, 15) is 0 Å². The monoisotopic (exact) mass is 343 g/mol. The summed E-state index contributed by atoms with van der Waals surface area (Å²) in [4.78, 5) is 9.36. The number of rotatable bonds is 4. The van der Waals surface area contributed by atoms with Gasteiger partial charge in [0.05, 0.1) is 5.02 Å². The number of pyridine rings is 1. The molecule has 2 saturated heterocycles. The van der Waals surface area contributed by atoms with E-state index in [0.717, 1.165) is 39.1 Å². The second-order valence-electron chi connectivity index (χ2n) is 6.66. The predicted octanol–water partition coefficient (Wildman–Crippen LogP) is 3.07. The molecule has 2 fully saturated rings. The summed E-state index contributed by atoms with van der Waals surface area (Å²) in [6, 6.07) is 15.0. The van der Waals surface area contributed by atoms with Gasteiger partial charge in [-0.3, -0.25) is 9.80 Å². The molecule has 24 heavy (non-hydrogen) atoms. The Morgan fingerprint density at radius 1 is 1.08 bits per heavy atom. The van der Waals surface area contributed by atoms with Gasteiger partial charge in [0, 0.05) is 57.4 Å². The third kappa shape index (κ3) is 3.72. The molecule has 126 valence electrons. The van der Waals surface area contributed by atoms with Crippen LogP contribution >= 0.6 is 11.6 Å². The summed E-state index contributed by atoms with van der Waals surface area (Å²) < 4.78 is 6.05. The molecule has 1 unspecified atom stereocenters. The maximum atomic E-state index is 6.05. The van der Waals surface area contributed by atoms with Gasteiger partial charge in [0.2, 0.25) is 5.88 Å². The molecule has 2 aliphatic rings. The van der Waals surface area contributed by atoms with Crippen molar-refractivity contribution in [1.29, 1.82) is 0 Å². The van der Waals surface area contributed by atoms with Crippen LogP contribution in [0.5, 0.6) is 5.88 Å². The average Bonchev–Trinajstić information content (AvgIpc) is 2.99. The fourth-order valence-corrected chi connectivity index (χ4v) is 3.85. The topological polar surface area (TPSA) is 28.6 Å². The normalized spacial score (nSPS) is 24.7. The lowest BCUT2D eigenvalue weighted by Crippen LogP contribution is -2.49. The zero-order valence-corrected chi connectivity index (χ0v) is 14.4. The van der Waals surface area contributed by atoms with E-state index in [0.29, 0.717) is 16.9 Å². The molecule has 4 nitrogen and oxygen atoms in total. The second kappa shape index (κ2) is 7.09. The molecule has 4 rings (SSSR count). The molecule has 0 saturated carbocycles. The quantitative estimate of drug-likeness (QED) is 0.853. The lowest BCUT2D eigenvalue weighted by molar-refractivity contribution is 0.0977. The molecular weight excluding hydrogens is 322 g/mol. The lowest BCUT2D eigenvalue weighted by Gasteiger charge is -2.37. The first-order valence-corrected chi connectivity index (χ1v) is 8.92. The Morgan fingerprint density at radius 2 is 1.96 bits per heavy atom. The number of hydrogen-bond donors (Lipinski definition) is 0. The maximum Gasteiger partial charge on any atom is 0.213 e. The Labute approximate surface area is 148 Å². The molecule has 2 atom stereocenters. The van der Waals surface area contributed by atoms with Gasteiger partial charge in [-0.25, -0.2) is 4.98 Å². The van der Waals surface area contributed by atoms with Crippen LogP contribution in [0.4, 0.5) is 0 Å². The first-order chi connectivity index (χ1) is 11.8. The van der Waals surface area contributed by atoms with Crippen molar-refractivity contribution in [3.05, 3.63) is 59.2 Å². The van der Waals surface area contributed by atoms with Crippen LogP contribution in [0.1, 0.15) is 12.0 Å². The summed E-state index contributed by atoms with van der Waals surface area (Å²) >= 11 is 5.88. The van der Waals surface area contributed by atoms with E-state index < -0.39 is 0 Å². The van der Waals surface area contributed by atoms with E-state index >= 15 is 0 Å². The zero-order chi connectivity index (χ0) is 16.4. The van der Waals surface area contributed by atoms with Gasteiger partial charge in [-0.2, -0.15) is 0 Å². The summed E-state index contributed by atoms with van der Waals surface area (Å²) in [6.45, 7) is 5.38. The van der Waals surface area contributed by atoms with E-state index in [-0.39, 0.29) is 6.10 Å². The van der Waals surface area contributed by atoms with E-state index in [2.05, 4.69) is 45.1 Å². The van der Waals surface area contributed by atoms with Crippen LogP contribution in [-0.4, -0.2) is 53.1 Å². The minimum atomic E-state index is 0.223. The highest BCUT2D eigenvalue weighted by atomic mass is 35.5. The predicted molar refractivity (Wildman–Crippen MR) is 95.4 cm³/mol.